The molecule has 0 bridgehead atoms. The summed E-state index contributed by atoms with van der Waals surface area (Å²) in [7, 11) is 5.13. The predicted octanol–water partition coefficient (Wildman–Crippen LogP) is 1.85. The Morgan fingerprint density at radius 1 is 1.38 bits per heavy atom. The second-order valence-corrected chi connectivity index (χ2v) is 6.31. The van der Waals surface area contributed by atoms with Crippen LogP contribution in [0.1, 0.15) is 18.4 Å². The van der Waals surface area contributed by atoms with Crippen molar-refractivity contribution in [2.75, 3.05) is 27.7 Å². The molecule has 0 N–H and O–H groups in total. The van der Waals surface area contributed by atoms with Gasteiger partial charge in [-0.25, -0.2) is 4.79 Å². The molecule has 1 amide bonds. The maximum Gasteiger partial charge on any atom is 0.336 e. The second kappa shape index (κ2) is 6.65. The number of ether oxygens (including phenoxy) is 1. The molecule has 1 aliphatic heterocycles. The van der Waals surface area contributed by atoms with Gasteiger partial charge in [-0.15, -0.1) is 0 Å². The van der Waals surface area contributed by atoms with Crippen LogP contribution in [0.2, 0.25) is 0 Å². The molecule has 3 rings (SSSR count). The molecular weight excluding hydrogens is 308 g/mol. The number of fused-ring (bicyclic) bond motifs is 1. The Hall–Kier alpha value is -2.34. The number of carbonyl (C=O) groups excluding carboxylic acids is 1. The fourth-order valence-electron chi connectivity index (χ4n) is 3.28. The number of carbonyl (C=O) groups is 1. The van der Waals surface area contributed by atoms with Crippen LogP contribution in [0.25, 0.3) is 11.0 Å². The number of benzene rings is 1. The Morgan fingerprint density at radius 3 is 2.88 bits per heavy atom. The number of hydrogen-bond acceptors (Lipinski definition) is 5. The largest absolute Gasteiger partial charge is 0.497 e. The molecule has 24 heavy (non-hydrogen) atoms. The summed E-state index contributed by atoms with van der Waals surface area (Å²) in [6.07, 6.45) is 1.83. The molecule has 1 fully saturated rings. The van der Waals surface area contributed by atoms with Crippen molar-refractivity contribution < 1.29 is 13.9 Å². The van der Waals surface area contributed by atoms with E-state index in [9.17, 15) is 9.59 Å². The van der Waals surface area contributed by atoms with E-state index in [2.05, 4.69) is 4.90 Å². The highest BCUT2D eigenvalue weighted by atomic mass is 16.5. The van der Waals surface area contributed by atoms with Gasteiger partial charge in [-0.05, 0) is 37.1 Å². The number of amides is 1. The molecule has 0 spiro atoms. The zero-order valence-corrected chi connectivity index (χ0v) is 14.2. The molecule has 6 heteroatoms. The molecule has 1 aliphatic rings. The van der Waals surface area contributed by atoms with Gasteiger partial charge in [-0.2, -0.15) is 0 Å². The lowest BCUT2D eigenvalue weighted by atomic mass is 10.1. The minimum atomic E-state index is -0.388. The van der Waals surface area contributed by atoms with Crippen LogP contribution in [0.4, 0.5) is 0 Å². The molecule has 1 saturated heterocycles. The van der Waals surface area contributed by atoms with Gasteiger partial charge < -0.3 is 14.1 Å². The van der Waals surface area contributed by atoms with E-state index in [1.165, 1.54) is 6.07 Å². The molecule has 1 atom stereocenters. The van der Waals surface area contributed by atoms with E-state index in [1.807, 2.05) is 12.1 Å². The highest BCUT2D eigenvalue weighted by Gasteiger charge is 2.31. The van der Waals surface area contributed by atoms with Crippen molar-refractivity contribution in [2.24, 2.45) is 0 Å². The van der Waals surface area contributed by atoms with Crippen molar-refractivity contribution in [3.63, 3.8) is 0 Å². The van der Waals surface area contributed by atoms with Crippen molar-refractivity contribution >= 4 is 16.9 Å². The fraction of sp³-hybridized carbons (Fsp3) is 0.444. The quantitative estimate of drug-likeness (QED) is 0.801. The van der Waals surface area contributed by atoms with E-state index in [0.717, 1.165) is 30.3 Å². The number of methoxy groups -OCH3 is 1. The lowest BCUT2D eigenvalue weighted by molar-refractivity contribution is -0.133. The molecule has 0 unspecified atom stereocenters. The zero-order valence-electron chi connectivity index (χ0n) is 14.2. The summed E-state index contributed by atoms with van der Waals surface area (Å²) < 4.78 is 10.5. The molecule has 2 aromatic rings. The number of hydrogen-bond donors (Lipinski definition) is 0. The molecule has 1 aromatic heterocycles. The van der Waals surface area contributed by atoms with Gasteiger partial charge >= 0.3 is 5.63 Å². The van der Waals surface area contributed by atoms with Crippen molar-refractivity contribution in [3.05, 3.63) is 40.2 Å². The first kappa shape index (κ1) is 16.5. The van der Waals surface area contributed by atoms with Crippen LogP contribution in [0.15, 0.2) is 33.5 Å². The van der Waals surface area contributed by atoms with E-state index in [0.29, 0.717) is 17.9 Å². The third-order valence-corrected chi connectivity index (χ3v) is 4.50. The minimum Gasteiger partial charge on any atom is -0.497 e. The monoisotopic (exact) mass is 330 g/mol. The van der Waals surface area contributed by atoms with Gasteiger partial charge in [0.2, 0.25) is 5.91 Å². The first-order valence-electron chi connectivity index (χ1n) is 8.05. The van der Waals surface area contributed by atoms with E-state index >= 15 is 0 Å². The van der Waals surface area contributed by atoms with Crippen LogP contribution >= 0.6 is 0 Å². The van der Waals surface area contributed by atoms with Crippen molar-refractivity contribution in [2.45, 2.75) is 25.4 Å². The third kappa shape index (κ3) is 3.14. The van der Waals surface area contributed by atoms with Gasteiger partial charge in [0.25, 0.3) is 0 Å². The highest BCUT2D eigenvalue weighted by molar-refractivity contribution is 5.83. The normalized spacial score (nSPS) is 18.0. The Balaban J connectivity index is 1.95. The summed E-state index contributed by atoms with van der Waals surface area (Å²) in [5.41, 5.74) is 0.995. The van der Waals surface area contributed by atoms with Gasteiger partial charge in [0, 0.05) is 38.2 Å². The van der Waals surface area contributed by atoms with E-state index in [4.69, 9.17) is 9.15 Å². The summed E-state index contributed by atoms with van der Waals surface area (Å²) in [5, 5.41) is 0.873. The first-order valence-corrected chi connectivity index (χ1v) is 8.05. The Bertz CT molecular complexity index is 812. The molecule has 0 aliphatic carbocycles. The minimum absolute atomic E-state index is 0.112. The van der Waals surface area contributed by atoms with Crippen LogP contribution < -0.4 is 10.4 Å². The summed E-state index contributed by atoms with van der Waals surface area (Å²) in [6, 6.07) is 6.85. The average Bonchev–Trinajstić information content (AvgIpc) is 3.01. The average molecular weight is 330 g/mol. The highest BCUT2D eigenvalue weighted by Crippen LogP contribution is 2.26. The number of nitrogens with zero attached hydrogens (tertiary/aromatic N) is 2. The van der Waals surface area contributed by atoms with Gasteiger partial charge in [-0.1, -0.05) is 0 Å². The molecule has 1 aromatic carbocycles. The summed E-state index contributed by atoms with van der Waals surface area (Å²) >= 11 is 0. The Morgan fingerprint density at radius 2 is 2.17 bits per heavy atom. The third-order valence-electron chi connectivity index (χ3n) is 4.50. The summed E-state index contributed by atoms with van der Waals surface area (Å²) in [5.74, 6) is 0.756. The maximum absolute atomic E-state index is 12.3. The molecular formula is C18H22N2O4. The molecule has 0 radical (unpaired) electrons. The topological polar surface area (TPSA) is 63.0 Å². The fourth-order valence-corrected chi connectivity index (χ4v) is 3.28. The van der Waals surface area contributed by atoms with Crippen LogP contribution in [0.5, 0.6) is 5.75 Å². The van der Waals surface area contributed by atoms with Crippen LogP contribution in [0.3, 0.4) is 0 Å². The van der Waals surface area contributed by atoms with Gasteiger partial charge in [-0.3, -0.25) is 9.69 Å². The molecule has 6 nitrogen and oxygen atoms in total. The van der Waals surface area contributed by atoms with Crippen molar-refractivity contribution in [1.82, 2.24) is 9.80 Å². The number of rotatable bonds is 4. The van der Waals surface area contributed by atoms with Crippen LogP contribution in [0, 0.1) is 0 Å². The van der Waals surface area contributed by atoms with E-state index in [-0.39, 0.29) is 17.6 Å². The molecule has 128 valence electrons. The van der Waals surface area contributed by atoms with Gasteiger partial charge in [0.05, 0.1) is 13.2 Å². The summed E-state index contributed by atoms with van der Waals surface area (Å²) in [6.45, 7) is 1.40. The van der Waals surface area contributed by atoms with Crippen molar-refractivity contribution in [3.8, 4) is 5.75 Å². The maximum atomic E-state index is 12.3. The zero-order chi connectivity index (χ0) is 17.3. The SMILES string of the molecule is COc1ccc2c(CN3CCC[C@H]3C(=O)N(C)C)cc(=O)oc2c1. The van der Waals surface area contributed by atoms with E-state index in [1.54, 1.807) is 32.2 Å². The van der Waals surface area contributed by atoms with Crippen LogP contribution in [-0.2, 0) is 11.3 Å². The molecule has 0 saturated carbocycles. The predicted molar refractivity (Wildman–Crippen MR) is 91.2 cm³/mol. The second-order valence-electron chi connectivity index (χ2n) is 6.31. The van der Waals surface area contributed by atoms with Gasteiger partial charge in [0.15, 0.2) is 0 Å². The van der Waals surface area contributed by atoms with Gasteiger partial charge in [0.1, 0.15) is 11.3 Å². The summed E-state index contributed by atoms with van der Waals surface area (Å²) in [4.78, 5) is 28.0. The number of likely N-dealkylation sites (tertiary alicyclic amines) is 1. The Labute approximate surface area is 140 Å². The number of likely N-dealkylation sites (N-methyl/N-ethyl adjacent to an activating group) is 1. The lowest BCUT2D eigenvalue weighted by Crippen LogP contribution is -2.42. The Kier molecular flexibility index (Phi) is 4.57. The van der Waals surface area contributed by atoms with Crippen LogP contribution in [-0.4, -0.2) is 49.5 Å². The van der Waals surface area contributed by atoms with E-state index < -0.39 is 0 Å². The first-order chi connectivity index (χ1) is 11.5. The van der Waals surface area contributed by atoms with Crippen molar-refractivity contribution in [1.29, 1.82) is 0 Å². The lowest BCUT2D eigenvalue weighted by Gasteiger charge is -2.26. The smallest absolute Gasteiger partial charge is 0.336 e. The molecule has 2 heterocycles. The standard InChI is InChI=1S/C18H22N2O4/c1-19(2)18(22)15-5-4-8-20(15)11-12-9-17(21)24-16-10-13(23-3)6-7-14(12)16/h6-7,9-10,15H,4-5,8,11H2,1-3H3/t15-/m0/s1.